The molecule has 0 saturated heterocycles. The summed E-state index contributed by atoms with van der Waals surface area (Å²) in [5, 5.41) is 15.5. The molecule has 2 aromatic rings. The fourth-order valence-electron chi connectivity index (χ4n) is 3.80. The number of methoxy groups -OCH3 is 1. The van der Waals surface area contributed by atoms with E-state index in [1.807, 2.05) is 13.8 Å². The summed E-state index contributed by atoms with van der Waals surface area (Å²) < 4.78 is 10.5. The molecule has 0 heterocycles. The summed E-state index contributed by atoms with van der Waals surface area (Å²) in [7, 11) is 3.07. The maximum Gasteiger partial charge on any atom is 0.408 e. The van der Waals surface area contributed by atoms with Crippen molar-refractivity contribution in [1.29, 1.82) is 0 Å². The molecular weight excluding hydrogens is 474 g/mol. The summed E-state index contributed by atoms with van der Waals surface area (Å²) in [6.07, 6.45) is -0.358. The highest BCUT2D eigenvalue weighted by Crippen LogP contribution is 2.28. The molecule has 3 N–H and O–H groups in total. The van der Waals surface area contributed by atoms with Crippen molar-refractivity contribution in [2.75, 3.05) is 19.5 Å². The minimum Gasteiger partial charge on any atom is -0.508 e. The van der Waals surface area contributed by atoms with E-state index in [9.17, 15) is 19.5 Å². The third kappa shape index (κ3) is 8.70. The van der Waals surface area contributed by atoms with Crippen molar-refractivity contribution in [1.82, 2.24) is 10.2 Å². The molecule has 0 aliphatic carbocycles. The van der Waals surface area contributed by atoms with Crippen molar-refractivity contribution in [2.45, 2.75) is 65.6 Å². The average molecular weight is 514 g/mol. The van der Waals surface area contributed by atoms with Gasteiger partial charge in [-0.3, -0.25) is 9.59 Å². The molecule has 0 aromatic heterocycles. The summed E-state index contributed by atoms with van der Waals surface area (Å²) in [5.41, 5.74) is 0.868. The number of hydrogen-bond donors (Lipinski definition) is 3. The van der Waals surface area contributed by atoms with Gasteiger partial charge in [0.25, 0.3) is 5.91 Å². The lowest BCUT2D eigenvalue weighted by atomic mass is 9.98. The van der Waals surface area contributed by atoms with E-state index in [1.54, 1.807) is 71.2 Å². The number of anilines is 1. The smallest absolute Gasteiger partial charge is 0.408 e. The van der Waals surface area contributed by atoms with Crippen LogP contribution in [0.2, 0.25) is 0 Å². The highest BCUT2D eigenvalue weighted by molar-refractivity contribution is 5.99. The highest BCUT2D eigenvalue weighted by Gasteiger charge is 2.34. The van der Waals surface area contributed by atoms with Gasteiger partial charge in [-0.2, -0.15) is 0 Å². The van der Waals surface area contributed by atoms with Crippen LogP contribution in [0.4, 0.5) is 10.5 Å². The molecular formula is C28H39N3O6. The Morgan fingerprint density at radius 3 is 2.19 bits per heavy atom. The van der Waals surface area contributed by atoms with Gasteiger partial charge in [-0.05, 0) is 87.6 Å². The van der Waals surface area contributed by atoms with Gasteiger partial charge in [0.2, 0.25) is 5.91 Å². The summed E-state index contributed by atoms with van der Waals surface area (Å²) >= 11 is 0. The Morgan fingerprint density at radius 2 is 1.68 bits per heavy atom. The van der Waals surface area contributed by atoms with Crippen LogP contribution in [0.1, 0.15) is 58.2 Å². The van der Waals surface area contributed by atoms with Crippen LogP contribution in [0.5, 0.6) is 11.5 Å². The molecule has 2 unspecified atom stereocenters. The minimum absolute atomic E-state index is 0.0799. The predicted molar refractivity (Wildman–Crippen MR) is 143 cm³/mol. The van der Waals surface area contributed by atoms with E-state index >= 15 is 0 Å². The highest BCUT2D eigenvalue weighted by atomic mass is 16.6. The van der Waals surface area contributed by atoms with Crippen molar-refractivity contribution in [3.8, 4) is 11.5 Å². The molecule has 0 radical (unpaired) electrons. The van der Waals surface area contributed by atoms with Gasteiger partial charge >= 0.3 is 6.09 Å². The predicted octanol–water partition coefficient (Wildman–Crippen LogP) is 4.79. The monoisotopic (exact) mass is 513 g/mol. The summed E-state index contributed by atoms with van der Waals surface area (Å²) in [5.74, 6) is -0.0938. The van der Waals surface area contributed by atoms with Gasteiger partial charge in [0, 0.05) is 12.7 Å². The van der Waals surface area contributed by atoms with Gasteiger partial charge in [0.15, 0.2) is 0 Å². The Hall–Kier alpha value is -3.75. The molecule has 2 aromatic carbocycles. The molecule has 0 aliphatic heterocycles. The number of amides is 3. The number of aromatic hydroxyl groups is 1. The van der Waals surface area contributed by atoms with Gasteiger partial charge in [-0.1, -0.05) is 19.9 Å². The normalized spacial score (nSPS) is 12.9. The van der Waals surface area contributed by atoms with Crippen LogP contribution >= 0.6 is 0 Å². The summed E-state index contributed by atoms with van der Waals surface area (Å²) in [6.45, 7) is 10.8. The number of ether oxygens (including phenoxy) is 2. The van der Waals surface area contributed by atoms with Crippen molar-refractivity contribution >= 4 is 23.6 Å². The lowest BCUT2D eigenvalue weighted by Gasteiger charge is -2.32. The quantitative estimate of drug-likeness (QED) is 0.444. The molecule has 0 saturated carbocycles. The van der Waals surface area contributed by atoms with Crippen LogP contribution in [0.25, 0.3) is 0 Å². The first kappa shape index (κ1) is 29.5. The number of aryl methyl sites for hydroxylation is 1. The standard InChI is InChI=1S/C28H39N3O6/c1-17(2)15-22(30-27(35)37-28(4,5)6)26(34)31(7)24(19-9-14-23(32)18(3)16-19)25(33)29-20-10-12-21(36-8)13-11-20/h9-14,16-17,22,24,32H,15H2,1-8H3,(H,29,33)(H,30,35). The first-order valence-corrected chi connectivity index (χ1v) is 12.2. The van der Waals surface area contributed by atoms with Crippen molar-refractivity contribution in [3.05, 3.63) is 53.6 Å². The van der Waals surface area contributed by atoms with Crippen molar-refractivity contribution in [3.63, 3.8) is 0 Å². The van der Waals surface area contributed by atoms with Gasteiger partial charge in [0.1, 0.15) is 29.2 Å². The zero-order valence-corrected chi connectivity index (χ0v) is 22.9. The molecule has 3 amide bonds. The third-order valence-electron chi connectivity index (χ3n) is 5.57. The largest absolute Gasteiger partial charge is 0.508 e. The Bertz CT molecular complexity index is 1090. The van der Waals surface area contributed by atoms with E-state index in [4.69, 9.17) is 9.47 Å². The molecule has 37 heavy (non-hydrogen) atoms. The second-order valence-electron chi connectivity index (χ2n) is 10.4. The van der Waals surface area contributed by atoms with Gasteiger partial charge in [-0.25, -0.2) is 4.79 Å². The summed E-state index contributed by atoms with van der Waals surface area (Å²) in [6, 6.07) is 9.63. The number of phenolic OH excluding ortho intramolecular Hbond substituents is 1. The first-order chi connectivity index (χ1) is 17.2. The molecule has 9 heteroatoms. The number of benzene rings is 2. The maximum absolute atomic E-state index is 13.7. The Morgan fingerprint density at radius 1 is 1.05 bits per heavy atom. The molecule has 0 spiro atoms. The molecule has 2 rings (SSSR count). The topological polar surface area (TPSA) is 117 Å². The van der Waals surface area contributed by atoms with E-state index in [0.717, 1.165) is 0 Å². The molecule has 0 fully saturated rings. The van der Waals surface area contributed by atoms with Crippen LogP contribution < -0.4 is 15.4 Å². The minimum atomic E-state index is -1.04. The van der Waals surface area contributed by atoms with E-state index < -0.39 is 35.6 Å². The SMILES string of the molecule is COc1ccc(NC(=O)C(c2ccc(O)c(C)c2)N(C)C(=O)C(CC(C)C)NC(=O)OC(C)(C)C)cc1. The van der Waals surface area contributed by atoms with E-state index in [2.05, 4.69) is 10.6 Å². The van der Waals surface area contributed by atoms with Gasteiger partial charge in [-0.15, -0.1) is 0 Å². The molecule has 2 atom stereocenters. The number of carbonyl (C=O) groups excluding carboxylic acids is 3. The number of nitrogens with zero attached hydrogens (tertiary/aromatic N) is 1. The van der Waals surface area contributed by atoms with Crippen LogP contribution in [0.15, 0.2) is 42.5 Å². The van der Waals surface area contributed by atoms with Crippen molar-refractivity contribution in [2.24, 2.45) is 5.92 Å². The average Bonchev–Trinajstić information content (AvgIpc) is 2.79. The van der Waals surface area contributed by atoms with Gasteiger partial charge in [0.05, 0.1) is 7.11 Å². The van der Waals surface area contributed by atoms with Crippen LogP contribution in [0, 0.1) is 12.8 Å². The van der Waals surface area contributed by atoms with Crippen LogP contribution in [-0.4, -0.2) is 53.7 Å². The molecule has 9 nitrogen and oxygen atoms in total. The lowest BCUT2D eigenvalue weighted by Crippen LogP contribution is -2.51. The van der Waals surface area contributed by atoms with E-state index in [1.165, 1.54) is 18.0 Å². The zero-order valence-electron chi connectivity index (χ0n) is 22.9. The van der Waals surface area contributed by atoms with Crippen LogP contribution in [-0.2, 0) is 14.3 Å². The number of hydrogen-bond acceptors (Lipinski definition) is 6. The fraction of sp³-hybridized carbons (Fsp3) is 0.464. The zero-order chi connectivity index (χ0) is 27.9. The number of alkyl carbamates (subject to hydrolysis) is 1. The third-order valence-corrected chi connectivity index (χ3v) is 5.57. The first-order valence-electron chi connectivity index (χ1n) is 12.2. The van der Waals surface area contributed by atoms with Crippen LogP contribution in [0.3, 0.4) is 0 Å². The Balaban J connectivity index is 2.40. The van der Waals surface area contributed by atoms with E-state index in [-0.39, 0.29) is 11.7 Å². The number of carbonyl (C=O) groups is 3. The van der Waals surface area contributed by atoms with Gasteiger partial charge < -0.3 is 30.1 Å². The lowest BCUT2D eigenvalue weighted by molar-refractivity contribution is -0.139. The Kier molecular flexibility index (Phi) is 9.94. The molecule has 0 aliphatic rings. The fourth-order valence-corrected chi connectivity index (χ4v) is 3.80. The van der Waals surface area contributed by atoms with Crippen molar-refractivity contribution < 1.29 is 29.0 Å². The number of rotatable bonds is 9. The molecule has 0 bridgehead atoms. The second-order valence-corrected chi connectivity index (χ2v) is 10.4. The Labute approximate surface area is 219 Å². The number of nitrogens with one attached hydrogen (secondary N) is 2. The molecule has 202 valence electrons. The maximum atomic E-state index is 13.7. The van der Waals surface area contributed by atoms with E-state index in [0.29, 0.717) is 29.0 Å². The summed E-state index contributed by atoms with van der Waals surface area (Å²) in [4.78, 5) is 41.1. The number of phenols is 1. The number of likely N-dealkylation sites (N-methyl/N-ethyl adjacent to an activating group) is 1. The second kappa shape index (κ2) is 12.5.